The number of nitrogens with two attached hydrogens (primary N) is 1. The molecule has 0 radical (unpaired) electrons. The van der Waals surface area contributed by atoms with Gasteiger partial charge in [0, 0.05) is 25.0 Å². The van der Waals surface area contributed by atoms with E-state index in [4.69, 9.17) is 5.73 Å². The number of aromatic amines is 1. The normalized spacial score (nSPS) is 25.1. The van der Waals surface area contributed by atoms with Gasteiger partial charge in [-0.15, -0.1) is 5.10 Å². The second-order valence-electron chi connectivity index (χ2n) is 4.62. The first kappa shape index (κ1) is 9.77. The van der Waals surface area contributed by atoms with Gasteiger partial charge >= 0.3 is 0 Å². The van der Waals surface area contributed by atoms with Gasteiger partial charge in [-0.05, 0) is 19.3 Å². The molecule has 1 saturated carbocycles. The second-order valence-corrected chi connectivity index (χ2v) is 4.62. The first-order valence-electron chi connectivity index (χ1n) is 5.71. The summed E-state index contributed by atoms with van der Waals surface area (Å²) in [5.41, 5.74) is 5.76. The Morgan fingerprint density at radius 2 is 2.25 bits per heavy atom. The van der Waals surface area contributed by atoms with Gasteiger partial charge in [0.25, 0.3) is 5.91 Å². The van der Waals surface area contributed by atoms with Crippen LogP contribution in [0.25, 0.3) is 0 Å². The van der Waals surface area contributed by atoms with Crippen molar-refractivity contribution in [3.63, 3.8) is 0 Å². The molecule has 6 heteroatoms. The SMILES string of the molecule is NC1CCN(C(=O)c2n[nH]c(C3CC3)n2)C1. The highest BCUT2D eigenvalue weighted by molar-refractivity contribution is 5.90. The van der Waals surface area contributed by atoms with E-state index in [1.165, 1.54) is 0 Å². The van der Waals surface area contributed by atoms with Crippen LogP contribution < -0.4 is 5.73 Å². The topological polar surface area (TPSA) is 87.9 Å². The standard InChI is InChI=1S/C10H15N5O/c11-7-3-4-15(5-7)10(16)9-12-8(13-14-9)6-1-2-6/h6-7H,1-5,11H2,(H,12,13,14). The van der Waals surface area contributed by atoms with E-state index in [1.54, 1.807) is 4.90 Å². The number of H-pyrrole nitrogens is 1. The van der Waals surface area contributed by atoms with E-state index >= 15 is 0 Å². The van der Waals surface area contributed by atoms with Gasteiger partial charge in [0.2, 0.25) is 5.82 Å². The van der Waals surface area contributed by atoms with Crippen molar-refractivity contribution in [1.29, 1.82) is 0 Å². The molecule has 1 saturated heterocycles. The fourth-order valence-corrected chi connectivity index (χ4v) is 2.02. The monoisotopic (exact) mass is 221 g/mol. The molecular weight excluding hydrogens is 206 g/mol. The minimum atomic E-state index is -0.101. The van der Waals surface area contributed by atoms with Gasteiger partial charge in [0.1, 0.15) is 5.82 Å². The lowest BCUT2D eigenvalue weighted by atomic mass is 10.3. The molecule has 6 nitrogen and oxygen atoms in total. The van der Waals surface area contributed by atoms with Crippen molar-refractivity contribution in [2.75, 3.05) is 13.1 Å². The van der Waals surface area contributed by atoms with Crippen molar-refractivity contribution < 1.29 is 4.79 Å². The maximum atomic E-state index is 12.0. The van der Waals surface area contributed by atoms with Crippen LogP contribution in [0.1, 0.15) is 41.6 Å². The van der Waals surface area contributed by atoms with Crippen LogP contribution in [-0.2, 0) is 0 Å². The predicted octanol–water partition coefficient (Wildman–Crippen LogP) is -0.145. The van der Waals surface area contributed by atoms with Crippen LogP contribution in [0.15, 0.2) is 0 Å². The van der Waals surface area contributed by atoms with Crippen molar-refractivity contribution in [3.8, 4) is 0 Å². The highest BCUT2D eigenvalue weighted by Gasteiger charge is 2.31. The second kappa shape index (κ2) is 3.55. The summed E-state index contributed by atoms with van der Waals surface area (Å²) in [5, 5.41) is 6.82. The van der Waals surface area contributed by atoms with E-state index < -0.39 is 0 Å². The molecule has 1 aliphatic carbocycles. The average Bonchev–Trinajstić information content (AvgIpc) is 2.86. The Bertz CT molecular complexity index is 411. The Balaban J connectivity index is 1.73. The van der Waals surface area contributed by atoms with Crippen LogP contribution in [0.2, 0.25) is 0 Å². The van der Waals surface area contributed by atoms with Crippen molar-refractivity contribution in [2.45, 2.75) is 31.2 Å². The van der Waals surface area contributed by atoms with Crippen molar-refractivity contribution in [2.24, 2.45) is 5.73 Å². The minimum Gasteiger partial charge on any atom is -0.334 e. The third-order valence-corrected chi connectivity index (χ3v) is 3.17. The highest BCUT2D eigenvalue weighted by Crippen LogP contribution is 2.37. The molecule has 16 heavy (non-hydrogen) atoms. The Labute approximate surface area is 93.2 Å². The van der Waals surface area contributed by atoms with E-state index in [1.807, 2.05) is 0 Å². The van der Waals surface area contributed by atoms with Gasteiger partial charge in [0.15, 0.2) is 0 Å². The van der Waals surface area contributed by atoms with Crippen molar-refractivity contribution in [1.82, 2.24) is 20.1 Å². The number of carbonyl (C=O) groups is 1. The molecule has 0 aromatic carbocycles. The predicted molar refractivity (Wildman–Crippen MR) is 56.9 cm³/mol. The summed E-state index contributed by atoms with van der Waals surface area (Å²) in [6.45, 7) is 1.33. The zero-order valence-electron chi connectivity index (χ0n) is 9.02. The molecule has 1 atom stereocenters. The molecule has 0 bridgehead atoms. The molecule has 1 unspecified atom stereocenters. The van der Waals surface area contributed by atoms with Crippen LogP contribution in [0.4, 0.5) is 0 Å². The van der Waals surface area contributed by atoms with Crippen molar-refractivity contribution in [3.05, 3.63) is 11.6 Å². The quantitative estimate of drug-likeness (QED) is 0.727. The first-order chi connectivity index (χ1) is 7.74. The summed E-state index contributed by atoms with van der Waals surface area (Å²) in [6.07, 6.45) is 3.17. The van der Waals surface area contributed by atoms with Crippen LogP contribution in [0.5, 0.6) is 0 Å². The molecule has 1 aromatic rings. The number of nitrogens with zero attached hydrogens (tertiary/aromatic N) is 3. The molecule has 86 valence electrons. The summed E-state index contributed by atoms with van der Waals surface area (Å²) in [4.78, 5) is 17.9. The first-order valence-corrected chi connectivity index (χ1v) is 5.71. The molecular formula is C10H15N5O. The lowest BCUT2D eigenvalue weighted by Gasteiger charge is -2.12. The summed E-state index contributed by atoms with van der Waals surface area (Å²) in [7, 11) is 0. The van der Waals surface area contributed by atoms with Crippen LogP contribution >= 0.6 is 0 Å². The largest absolute Gasteiger partial charge is 0.334 e. The number of carbonyl (C=O) groups excluding carboxylic acids is 1. The van der Waals surface area contributed by atoms with E-state index in [2.05, 4.69) is 15.2 Å². The van der Waals surface area contributed by atoms with E-state index in [9.17, 15) is 4.79 Å². The molecule has 0 spiro atoms. The Kier molecular flexibility index (Phi) is 2.17. The zero-order valence-corrected chi connectivity index (χ0v) is 9.02. The van der Waals surface area contributed by atoms with Gasteiger partial charge in [0.05, 0.1) is 0 Å². The lowest BCUT2D eigenvalue weighted by molar-refractivity contribution is 0.0779. The zero-order chi connectivity index (χ0) is 11.1. The summed E-state index contributed by atoms with van der Waals surface area (Å²) >= 11 is 0. The fraction of sp³-hybridized carbons (Fsp3) is 0.700. The third kappa shape index (κ3) is 1.69. The van der Waals surface area contributed by atoms with E-state index in [-0.39, 0.29) is 17.8 Å². The maximum Gasteiger partial charge on any atom is 0.293 e. The van der Waals surface area contributed by atoms with Gasteiger partial charge in [-0.2, -0.15) is 0 Å². The fourth-order valence-electron chi connectivity index (χ4n) is 2.02. The molecule has 2 aliphatic rings. The Hall–Kier alpha value is -1.43. The number of likely N-dealkylation sites (tertiary alicyclic amines) is 1. The van der Waals surface area contributed by atoms with Crippen molar-refractivity contribution >= 4 is 5.91 Å². The van der Waals surface area contributed by atoms with E-state index in [0.29, 0.717) is 19.0 Å². The Morgan fingerprint density at radius 1 is 1.44 bits per heavy atom. The van der Waals surface area contributed by atoms with Crippen LogP contribution in [0, 0.1) is 0 Å². The number of hydrogen-bond acceptors (Lipinski definition) is 4. The molecule has 2 fully saturated rings. The van der Waals surface area contributed by atoms with E-state index in [0.717, 1.165) is 25.1 Å². The number of aromatic nitrogens is 3. The van der Waals surface area contributed by atoms with Gasteiger partial charge in [-0.1, -0.05) is 0 Å². The highest BCUT2D eigenvalue weighted by atomic mass is 16.2. The van der Waals surface area contributed by atoms with Gasteiger partial charge < -0.3 is 10.6 Å². The van der Waals surface area contributed by atoms with Crippen LogP contribution in [-0.4, -0.2) is 45.1 Å². The molecule has 3 N–H and O–H groups in total. The third-order valence-electron chi connectivity index (χ3n) is 3.17. The lowest BCUT2D eigenvalue weighted by Crippen LogP contribution is -2.32. The van der Waals surface area contributed by atoms with Gasteiger partial charge in [-0.3, -0.25) is 9.89 Å². The molecule has 1 aromatic heterocycles. The van der Waals surface area contributed by atoms with Crippen LogP contribution in [0.3, 0.4) is 0 Å². The summed E-state index contributed by atoms with van der Waals surface area (Å²) in [5.74, 6) is 1.54. The average molecular weight is 221 g/mol. The molecule has 1 amide bonds. The summed E-state index contributed by atoms with van der Waals surface area (Å²) in [6, 6.07) is 0.103. The number of amides is 1. The molecule has 2 heterocycles. The number of hydrogen-bond donors (Lipinski definition) is 2. The number of rotatable bonds is 2. The Morgan fingerprint density at radius 3 is 2.88 bits per heavy atom. The maximum absolute atomic E-state index is 12.0. The number of nitrogens with one attached hydrogen (secondary N) is 1. The molecule has 3 rings (SSSR count). The minimum absolute atomic E-state index is 0.101. The molecule has 1 aliphatic heterocycles. The van der Waals surface area contributed by atoms with Gasteiger partial charge in [-0.25, -0.2) is 4.98 Å². The summed E-state index contributed by atoms with van der Waals surface area (Å²) < 4.78 is 0. The smallest absolute Gasteiger partial charge is 0.293 e.